The number of ether oxygens (including phenoxy) is 16. The maximum absolute atomic E-state index is 12.2. The number of carbonyl (C=O) groups excluding carboxylic acids is 11. The van der Waals surface area contributed by atoms with Crippen molar-refractivity contribution in [3.8, 4) is 0 Å². The number of amides is 2. The van der Waals surface area contributed by atoms with Gasteiger partial charge in [-0.2, -0.15) is 15.0 Å². The number of isocyanates is 1. The van der Waals surface area contributed by atoms with Gasteiger partial charge in [0.05, 0.1) is 18.3 Å². The molecule has 0 aromatic carbocycles. The zero-order valence-electron chi connectivity index (χ0n) is 59.6. The third-order valence-corrected chi connectivity index (χ3v) is 12.4. The van der Waals surface area contributed by atoms with Crippen molar-refractivity contribution in [2.75, 3.05) is 52.0 Å². The van der Waals surface area contributed by atoms with Crippen molar-refractivity contribution in [1.29, 1.82) is 10.8 Å². The second kappa shape index (κ2) is 48.0. The predicted molar refractivity (Wildman–Crippen MR) is 344 cm³/mol. The van der Waals surface area contributed by atoms with Gasteiger partial charge in [0.15, 0.2) is 55.3 Å². The standard InChI is InChI=1S/C15H19N3O8.C14H21N3O8.C12H15NO8.C8H12N4O5.C7H16O3.C2H6N2.H3N/c1-7-16-6-18(15(22)17-7)14-13(25-10(4)21)12(24-9(3)20)11(26-14)5-23-8(2)19;1-6(15)16-14(21)17-13-12(24-9(4)20)11(23-8(3)19)10(25-13)5-22-7(2)18;1-6(15)18-4-9-10(19-7(2)16)11(20-8(3)17)12(21-9)13-5-14;9-7-10-2-12(8(16)11-7)6-5(15)4(14)3(1-13)17-6;1-4-8-7(9-5-2)10-6-3;1-2(3)4;/h6,11-14H,5H2,1-4H3;10-13H,5H2,1-4H3,(H3,15,16,17,21);9-12H,4H2,1-3H3;2-6,13-15H,1H2,(H2,9,11,16);7H,4-6H2,1-3H3;1H3,(H3,3,4);1H3/t11-,12+,13?,14-;10-,11+,12?,13+;9-,10+,11?,12-;3-,4+,5?,6-;;;/m1111.../s1. The lowest BCUT2D eigenvalue weighted by Gasteiger charge is -2.23. The number of hydrogen-bond acceptors (Lipinski definition) is 41. The van der Waals surface area contributed by atoms with Crippen molar-refractivity contribution in [2.45, 2.75) is 208 Å². The average molecular weight is 1500 g/mol. The molecule has 2 aromatic rings. The first-order valence-electron chi connectivity index (χ1n) is 30.8. The molecule has 6 rings (SSSR count). The molecule has 4 fully saturated rings. The van der Waals surface area contributed by atoms with E-state index in [4.69, 9.17) is 103 Å². The average Bonchev–Trinajstić information content (AvgIpc) is 1.65. The lowest BCUT2D eigenvalue weighted by atomic mass is 10.1. The topological polar surface area (TPSA) is 663 Å². The number of nitrogens with two attached hydrogens (primary N) is 2. The van der Waals surface area contributed by atoms with Crippen LogP contribution in [0.1, 0.15) is 115 Å². The van der Waals surface area contributed by atoms with E-state index in [9.17, 15) is 72.5 Å². The number of esters is 9. The number of aliphatic hydroxyl groups is 3. The van der Waals surface area contributed by atoms with Crippen LogP contribution >= 0.6 is 0 Å². The van der Waals surface area contributed by atoms with Gasteiger partial charge < -0.3 is 114 Å². The minimum atomic E-state index is -1.35. The summed E-state index contributed by atoms with van der Waals surface area (Å²) in [4.78, 5) is 165. The highest BCUT2D eigenvalue weighted by Crippen LogP contribution is 2.34. The van der Waals surface area contributed by atoms with Gasteiger partial charge in [0.1, 0.15) is 74.9 Å². The number of aliphatic imine (C=N–C) groups is 1. The number of rotatable bonds is 23. The number of aliphatic hydroxyl groups excluding tert-OH is 3. The molecule has 16 atom stereocenters. The Balaban J connectivity index is 0.00000129. The Labute approximate surface area is 593 Å². The molecule has 4 unspecified atom stereocenters. The van der Waals surface area contributed by atoms with Crippen LogP contribution in [0, 0.1) is 17.7 Å². The summed E-state index contributed by atoms with van der Waals surface area (Å²) in [5.41, 5.74) is 8.46. The fraction of sp³-hybridized carbons (Fsp3) is 0.672. The van der Waals surface area contributed by atoms with E-state index < -0.39 is 182 Å². The highest BCUT2D eigenvalue weighted by molar-refractivity contribution is 5.94. The summed E-state index contributed by atoms with van der Waals surface area (Å²) in [5, 5.41) is 46.1. The molecule has 46 heteroatoms. The number of aryl methyl sites for hydroxylation is 1. The van der Waals surface area contributed by atoms with Gasteiger partial charge in [-0.15, -0.1) is 0 Å². The Hall–Kier alpha value is -10.00. The number of anilines is 1. The fourth-order valence-electron chi connectivity index (χ4n) is 8.72. The van der Waals surface area contributed by atoms with Gasteiger partial charge in [-0.25, -0.2) is 29.1 Å². The predicted octanol–water partition coefficient (Wildman–Crippen LogP) is -3.51. The summed E-state index contributed by atoms with van der Waals surface area (Å²) in [6, 6.07) is -0.774. The molecule has 0 bridgehead atoms. The number of nitrogens with one attached hydrogen (secondary N) is 4. The van der Waals surface area contributed by atoms with Crippen LogP contribution in [0.2, 0.25) is 0 Å². The second-order valence-electron chi connectivity index (χ2n) is 21.1. The van der Waals surface area contributed by atoms with Crippen LogP contribution in [-0.2, 0) is 124 Å². The van der Waals surface area contributed by atoms with Gasteiger partial charge in [-0.1, -0.05) is 0 Å². The van der Waals surface area contributed by atoms with Crippen molar-refractivity contribution in [1.82, 2.24) is 45.9 Å². The van der Waals surface area contributed by atoms with E-state index in [2.05, 4.69) is 35.6 Å². The number of urea groups is 1. The smallest absolute Gasteiger partial charge is 0.354 e. The maximum atomic E-state index is 12.2. The largest absolute Gasteiger partial charge is 0.463 e. The fourth-order valence-corrected chi connectivity index (χ4v) is 8.72. The summed E-state index contributed by atoms with van der Waals surface area (Å²) >= 11 is 0. The summed E-state index contributed by atoms with van der Waals surface area (Å²) in [6.45, 7) is 20.8. The first kappa shape index (κ1) is 94.0. The quantitative estimate of drug-likeness (QED) is 0.0129. The molecule has 0 aliphatic carbocycles. The summed E-state index contributed by atoms with van der Waals surface area (Å²) in [5.74, 6) is -5.61. The summed E-state index contributed by atoms with van der Waals surface area (Å²) < 4.78 is 84.0. The van der Waals surface area contributed by atoms with E-state index in [0.717, 1.165) is 50.1 Å². The lowest BCUT2D eigenvalue weighted by molar-refractivity contribution is -0.282. The minimum Gasteiger partial charge on any atom is -0.463 e. The van der Waals surface area contributed by atoms with Crippen molar-refractivity contribution >= 4 is 83.5 Å². The number of carbonyl (C=O) groups is 10. The zero-order chi connectivity index (χ0) is 78.5. The third-order valence-electron chi connectivity index (χ3n) is 12.4. The van der Waals surface area contributed by atoms with Crippen LogP contribution in [0.25, 0.3) is 0 Å². The molecule has 4 aliphatic heterocycles. The second-order valence-corrected chi connectivity index (χ2v) is 21.1. The monoisotopic (exact) mass is 1500 g/mol. The summed E-state index contributed by atoms with van der Waals surface area (Å²) in [6.07, 6.45) is -14.2. The molecule has 0 radical (unpaired) electrons. The molecule has 46 nitrogen and oxygen atoms in total. The van der Waals surface area contributed by atoms with Crippen molar-refractivity contribution in [3.63, 3.8) is 0 Å². The molecule has 0 spiro atoms. The van der Waals surface area contributed by atoms with Crippen LogP contribution in [0.15, 0.2) is 27.2 Å². The molecule has 2 aromatic heterocycles. The minimum absolute atomic E-state index is 0. The Kier molecular flexibility index (Phi) is 43.4. The molecule has 14 N–H and O–H groups in total. The van der Waals surface area contributed by atoms with Gasteiger partial charge in [-0.05, 0) is 41.5 Å². The van der Waals surface area contributed by atoms with Crippen molar-refractivity contribution in [2.24, 2.45) is 10.7 Å². The highest BCUT2D eigenvalue weighted by Gasteiger charge is 2.53. The first-order chi connectivity index (χ1) is 48.2. The molecule has 4 saturated heterocycles. The highest BCUT2D eigenvalue weighted by atomic mass is 16.8. The molecule has 104 heavy (non-hydrogen) atoms. The van der Waals surface area contributed by atoms with Gasteiger partial charge >= 0.3 is 71.1 Å². The number of aromatic nitrogens is 6. The first-order valence-corrected chi connectivity index (χ1v) is 30.8. The Morgan fingerprint density at radius 2 is 0.942 bits per heavy atom. The Bertz CT molecular complexity index is 3320. The Morgan fingerprint density at radius 1 is 0.567 bits per heavy atom. The lowest BCUT2D eigenvalue weighted by Crippen LogP contribution is -2.50. The van der Waals surface area contributed by atoms with Crippen molar-refractivity contribution < 1.29 is 144 Å². The number of nitrogen functional groups attached to an aromatic ring is 1. The third kappa shape index (κ3) is 34.3. The van der Waals surface area contributed by atoms with Gasteiger partial charge in [-0.3, -0.25) is 68.4 Å². The van der Waals surface area contributed by atoms with E-state index in [1.54, 1.807) is 0 Å². The number of hydrogen-bond donors (Lipinski definition) is 10. The van der Waals surface area contributed by atoms with Crippen LogP contribution in [0.5, 0.6) is 0 Å². The number of amidine groups is 2. The number of nitrogens with zero attached hydrogens (tertiary/aromatic N) is 7. The molecule has 2 amide bonds. The summed E-state index contributed by atoms with van der Waals surface area (Å²) in [7, 11) is 0. The molecule has 0 saturated carbocycles. The van der Waals surface area contributed by atoms with Gasteiger partial charge in [0.2, 0.25) is 18.3 Å². The zero-order valence-corrected chi connectivity index (χ0v) is 59.6. The van der Waals surface area contributed by atoms with Gasteiger partial charge in [0, 0.05) is 82.1 Å². The van der Waals surface area contributed by atoms with Gasteiger partial charge in [0.25, 0.3) is 6.48 Å². The normalized spacial score (nSPS) is 24.3. The molecule has 586 valence electrons. The van der Waals surface area contributed by atoms with Crippen LogP contribution in [0.3, 0.4) is 0 Å². The molecule has 6 heterocycles. The van der Waals surface area contributed by atoms with E-state index in [-0.39, 0.29) is 49.4 Å². The van der Waals surface area contributed by atoms with Crippen LogP contribution < -0.4 is 39.6 Å². The van der Waals surface area contributed by atoms with E-state index in [1.165, 1.54) is 60.9 Å². The Morgan fingerprint density at radius 3 is 1.34 bits per heavy atom. The van der Waals surface area contributed by atoms with Crippen LogP contribution in [0.4, 0.5) is 10.7 Å². The van der Waals surface area contributed by atoms with Crippen molar-refractivity contribution in [3.05, 3.63) is 39.4 Å². The molecular weight excluding hydrogens is 1400 g/mol. The molecular formula is C58H92N14O32. The van der Waals surface area contributed by atoms with Crippen LogP contribution in [-0.4, -0.2) is 260 Å². The van der Waals surface area contributed by atoms with E-state index in [1.807, 2.05) is 20.8 Å². The maximum Gasteiger partial charge on any atom is 0.354 e. The van der Waals surface area contributed by atoms with E-state index in [0.29, 0.717) is 19.8 Å². The molecule has 4 aliphatic rings. The SMILES string of the molecule is CC(=N)N.CC(=N)NC(=O)N[C@H]1O[C@H](COC(C)=O)[C@H](OC(C)=O)C1OC(C)=O.CC(=O)OC[C@H]1O[C@@H](N=C=O)C(OC(C)=O)[C@H]1OC(C)=O.CC(=O)OC[C@H]1O[C@@H](n2cnc(C)nc2=O)C(OC(C)=O)[C@H]1OC(C)=O.CCOC(OCC)OCC.N.Nc1ncn([C@@H]2O[C@H](CO)[C@H](O)C2O)c(=O)n1. The van der Waals surface area contributed by atoms with E-state index >= 15 is 0 Å².